The summed E-state index contributed by atoms with van der Waals surface area (Å²) < 4.78 is 0. The molecule has 2 aromatic rings. The zero-order valence-electron chi connectivity index (χ0n) is 10.9. The van der Waals surface area contributed by atoms with E-state index >= 15 is 0 Å². The second-order valence-corrected chi connectivity index (χ2v) is 5.67. The van der Waals surface area contributed by atoms with Crippen LogP contribution in [-0.4, -0.2) is 11.8 Å². The summed E-state index contributed by atoms with van der Waals surface area (Å²) in [5.74, 6) is -0.977. The number of halogens is 2. The Kier molecular flexibility index (Phi) is 3.70. The summed E-state index contributed by atoms with van der Waals surface area (Å²) in [6.45, 7) is 0. The third kappa shape index (κ3) is 2.55. The van der Waals surface area contributed by atoms with E-state index in [1.807, 2.05) is 0 Å². The second kappa shape index (κ2) is 5.51. The zero-order valence-corrected chi connectivity index (χ0v) is 12.4. The summed E-state index contributed by atoms with van der Waals surface area (Å²) in [4.78, 5) is 25.9. The van der Waals surface area contributed by atoms with Crippen molar-refractivity contribution in [2.75, 3.05) is 4.90 Å². The molecule has 1 aliphatic rings. The first-order valence-electron chi connectivity index (χ1n) is 6.44. The van der Waals surface area contributed by atoms with Crippen LogP contribution in [0.5, 0.6) is 0 Å². The Morgan fingerprint density at radius 3 is 2.29 bits per heavy atom. The number of imide groups is 1. The van der Waals surface area contributed by atoms with Crippen LogP contribution in [0.3, 0.4) is 0 Å². The third-order valence-corrected chi connectivity index (χ3v) is 4.08. The number of carbonyl (C=O) groups excluding carboxylic acids is 2. The lowest BCUT2D eigenvalue weighted by Gasteiger charge is -2.16. The summed E-state index contributed by atoms with van der Waals surface area (Å²) in [6, 6.07) is 13.8. The van der Waals surface area contributed by atoms with Gasteiger partial charge in [0, 0.05) is 11.4 Å². The van der Waals surface area contributed by atoms with Crippen molar-refractivity contribution >= 4 is 40.7 Å². The Labute approximate surface area is 132 Å². The van der Waals surface area contributed by atoms with E-state index in [-0.39, 0.29) is 18.2 Å². The van der Waals surface area contributed by atoms with Crippen molar-refractivity contribution in [1.82, 2.24) is 0 Å². The van der Waals surface area contributed by atoms with Gasteiger partial charge in [-0.05, 0) is 29.8 Å². The van der Waals surface area contributed by atoms with Gasteiger partial charge in [-0.1, -0.05) is 47.5 Å². The van der Waals surface area contributed by atoms with Crippen molar-refractivity contribution in [3.05, 3.63) is 64.1 Å². The lowest BCUT2D eigenvalue weighted by atomic mass is 9.98. The number of carbonyl (C=O) groups is 2. The van der Waals surface area contributed by atoms with E-state index in [4.69, 9.17) is 23.2 Å². The van der Waals surface area contributed by atoms with Crippen LogP contribution in [-0.2, 0) is 9.59 Å². The number of hydrogen-bond donors (Lipinski definition) is 0. The molecule has 2 aromatic carbocycles. The van der Waals surface area contributed by atoms with E-state index in [9.17, 15) is 9.59 Å². The van der Waals surface area contributed by atoms with Gasteiger partial charge in [0.15, 0.2) is 0 Å². The van der Waals surface area contributed by atoms with Gasteiger partial charge < -0.3 is 0 Å². The van der Waals surface area contributed by atoms with Crippen LogP contribution >= 0.6 is 23.2 Å². The summed E-state index contributed by atoms with van der Waals surface area (Å²) >= 11 is 11.9. The number of para-hydroxylation sites is 1. The Morgan fingerprint density at radius 2 is 1.62 bits per heavy atom. The normalized spacial score (nSPS) is 18.4. The van der Waals surface area contributed by atoms with Crippen molar-refractivity contribution in [2.45, 2.75) is 12.3 Å². The van der Waals surface area contributed by atoms with Gasteiger partial charge in [0.25, 0.3) is 0 Å². The van der Waals surface area contributed by atoms with Crippen molar-refractivity contribution in [1.29, 1.82) is 0 Å². The minimum atomic E-state index is -0.481. The second-order valence-electron chi connectivity index (χ2n) is 4.83. The first-order chi connectivity index (χ1) is 10.1. The predicted molar refractivity (Wildman–Crippen MR) is 82.8 cm³/mol. The molecule has 1 unspecified atom stereocenters. The Balaban J connectivity index is 1.96. The van der Waals surface area contributed by atoms with E-state index in [1.54, 1.807) is 48.5 Å². The lowest BCUT2D eigenvalue weighted by Crippen LogP contribution is -2.30. The molecule has 0 N–H and O–H groups in total. The molecular formula is C16H11Cl2NO2. The molecule has 21 heavy (non-hydrogen) atoms. The van der Waals surface area contributed by atoms with Crippen molar-refractivity contribution < 1.29 is 9.59 Å². The smallest absolute Gasteiger partial charge is 0.241 e. The molecule has 0 saturated carbocycles. The van der Waals surface area contributed by atoms with Gasteiger partial charge in [-0.3, -0.25) is 9.59 Å². The molecule has 1 aliphatic heterocycles. The largest absolute Gasteiger partial charge is 0.274 e. The Morgan fingerprint density at radius 1 is 0.952 bits per heavy atom. The monoisotopic (exact) mass is 319 g/mol. The molecule has 0 spiro atoms. The maximum atomic E-state index is 12.6. The maximum Gasteiger partial charge on any atom is 0.241 e. The highest BCUT2D eigenvalue weighted by atomic mass is 35.5. The molecule has 1 atom stereocenters. The topological polar surface area (TPSA) is 37.4 Å². The Bertz CT molecular complexity index is 712. The summed E-state index contributed by atoms with van der Waals surface area (Å²) in [5.41, 5.74) is 1.22. The molecule has 3 rings (SSSR count). The van der Waals surface area contributed by atoms with Gasteiger partial charge in [-0.25, -0.2) is 4.90 Å². The lowest BCUT2D eigenvalue weighted by molar-refractivity contribution is -0.121. The number of nitrogens with zero attached hydrogens (tertiary/aromatic N) is 1. The SMILES string of the molecule is O=C1CC(c2ccc(Cl)cc2)C(=O)N1c1ccccc1Cl. The summed E-state index contributed by atoms with van der Waals surface area (Å²) in [6.07, 6.45) is 0.145. The molecular weight excluding hydrogens is 309 g/mol. The average molecular weight is 320 g/mol. The van der Waals surface area contributed by atoms with Gasteiger partial charge in [-0.2, -0.15) is 0 Å². The fourth-order valence-electron chi connectivity index (χ4n) is 2.47. The fourth-order valence-corrected chi connectivity index (χ4v) is 2.82. The number of benzene rings is 2. The van der Waals surface area contributed by atoms with Crippen LogP contribution in [0.15, 0.2) is 48.5 Å². The maximum absolute atomic E-state index is 12.6. The number of rotatable bonds is 2. The number of amides is 2. The minimum Gasteiger partial charge on any atom is -0.274 e. The quantitative estimate of drug-likeness (QED) is 0.783. The van der Waals surface area contributed by atoms with Crippen LogP contribution in [0.25, 0.3) is 0 Å². The van der Waals surface area contributed by atoms with Gasteiger partial charge in [-0.15, -0.1) is 0 Å². The standard InChI is InChI=1S/C16H11Cl2NO2/c17-11-7-5-10(6-8-11)12-9-15(20)19(16(12)21)14-4-2-1-3-13(14)18/h1-8,12H,9H2. The molecule has 3 nitrogen and oxygen atoms in total. The number of anilines is 1. The first kappa shape index (κ1) is 14.1. The highest BCUT2D eigenvalue weighted by Crippen LogP contribution is 2.36. The number of hydrogen-bond acceptors (Lipinski definition) is 2. The molecule has 1 fully saturated rings. The molecule has 2 amide bonds. The summed E-state index contributed by atoms with van der Waals surface area (Å²) in [7, 11) is 0. The van der Waals surface area contributed by atoms with Crippen LogP contribution in [0.4, 0.5) is 5.69 Å². The van der Waals surface area contributed by atoms with E-state index < -0.39 is 5.92 Å². The molecule has 1 saturated heterocycles. The predicted octanol–water partition coefficient (Wildman–Crippen LogP) is 4.04. The van der Waals surface area contributed by atoms with E-state index in [0.29, 0.717) is 15.7 Å². The zero-order chi connectivity index (χ0) is 15.0. The summed E-state index contributed by atoms with van der Waals surface area (Å²) in [5, 5.41) is 0.981. The average Bonchev–Trinajstić information content (AvgIpc) is 2.76. The highest BCUT2D eigenvalue weighted by molar-refractivity contribution is 6.36. The van der Waals surface area contributed by atoms with Crippen LogP contribution in [0.2, 0.25) is 10.0 Å². The molecule has 0 aliphatic carbocycles. The van der Waals surface area contributed by atoms with E-state index in [1.165, 1.54) is 4.90 Å². The molecule has 0 radical (unpaired) electrons. The van der Waals surface area contributed by atoms with Gasteiger partial charge in [0.05, 0.1) is 16.6 Å². The van der Waals surface area contributed by atoms with Gasteiger partial charge in [0.1, 0.15) is 0 Å². The molecule has 106 valence electrons. The molecule has 0 bridgehead atoms. The van der Waals surface area contributed by atoms with Gasteiger partial charge in [0.2, 0.25) is 11.8 Å². The van der Waals surface area contributed by atoms with Crippen molar-refractivity contribution in [3.63, 3.8) is 0 Å². The van der Waals surface area contributed by atoms with Crippen LogP contribution in [0.1, 0.15) is 17.9 Å². The first-order valence-corrected chi connectivity index (χ1v) is 7.20. The van der Waals surface area contributed by atoms with Crippen LogP contribution in [0, 0.1) is 0 Å². The highest BCUT2D eigenvalue weighted by Gasteiger charge is 2.40. The molecule has 1 heterocycles. The fraction of sp³-hybridized carbons (Fsp3) is 0.125. The van der Waals surface area contributed by atoms with E-state index in [2.05, 4.69) is 0 Å². The van der Waals surface area contributed by atoms with Gasteiger partial charge >= 0.3 is 0 Å². The van der Waals surface area contributed by atoms with E-state index in [0.717, 1.165) is 5.56 Å². The Hall–Kier alpha value is -1.84. The third-order valence-electron chi connectivity index (χ3n) is 3.51. The van der Waals surface area contributed by atoms with Crippen LogP contribution < -0.4 is 4.90 Å². The van der Waals surface area contributed by atoms with Crippen molar-refractivity contribution in [2.24, 2.45) is 0 Å². The van der Waals surface area contributed by atoms with Crippen molar-refractivity contribution in [3.8, 4) is 0 Å². The molecule has 5 heteroatoms. The molecule has 0 aromatic heterocycles. The minimum absolute atomic E-state index is 0.145.